The molecule has 2 heteroatoms. The van der Waals surface area contributed by atoms with Gasteiger partial charge in [-0.25, -0.2) is 0 Å². The van der Waals surface area contributed by atoms with E-state index in [4.69, 9.17) is 0 Å². The summed E-state index contributed by atoms with van der Waals surface area (Å²) in [6, 6.07) is 0. The molecule has 2 N–H and O–H groups in total. The molecule has 4 bridgehead atoms. The van der Waals surface area contributed by atoms with Gasteiger partial charge in [0.1, 0.15) is 0 Å². The number of aliphatic hydroxyl groups is 2. The first-order chi connectivity index (χ1) is 7.49. The van der Waals surface area contributed by atoms with Gasteiger partial charge in [-0.1, -0.05) is 13.8 Å². The Hall–Kier alpha value is -0.0800. The number of hydrogen-bond donors (Lipinski definition) is 2. The third-order valence-corrected chi connectivity index (χ3v) is 6.63. The molecule has 0 aromatic carbocycles. The van der Waals surface area contributed by atoms with E-state index < -0.39 is 0 Å². The van der Waals surface area contributed by atoms with Crippen LogP contribution in [0, 0.1) is 28.1 Å². The summed E-state index contributed by atoms with van der Waals surface area (Å²) >= 11 is 0. The van der Waals surface area contributed by atoms with E-state index in [1.54, 1.807) is 0 Å². The first kappa shape index (κ1) is 11.0. The average molecular weight is 224 g/mol. The SMILES string of the molecule is CC12CC3CC(C1)CC(CO)(C3)C2(C)CO. The summed E-state index contributed by atoms with van der Waals surface area (Å²) in [5.74, 6) is 1.62. The van der Waals surface area contributed by atoms with E-state index in [1.807, 2.05) is 0 Å². The van der Waals surface area contributed by atoms with Crippen LogP contribution in [-0.4, -0.2) is 23.4 Å². The summed E-state index contributed by atoms with van der Waals surface area (Å²) in [7, 11) is 0. The van der Waals surface area contributed by atoms with Crippen molar-refractivity contribution in [2.45, 2.75) is 46.0 Å². The Morgan fingerprint density at radius 2 is 1.50 bits per heavy atom. The molecule has 0 spiro atoms. The number of aliphatic hydroxyl groups excluding tert-OH is 2. The molecule has 4 aliphatic rings. The molecule has 0 radical (unpaired) electrons. The van der Waals surface area contributed by atoms with E-state index in [1.165, 1.54) is 19.3 Å². The van der Waals surface area contributed by atoms with Crippen LogP contribution in [0.2, 0.25) is 0 Å². The second kappa shape index (κ2) is 3.02. The van der Waals surface area contributed by atoms with Crippen LogP contribution in [0.1, 0.15) is 46.0 Å². The third kappa shape index (κ3) is 1.01. The largest absolute Gasteiger partial charge is 0.396 e. The van der Waals surface area contributed by atoms with Gasteiger partial charge in [-0.3, -0.25) is 0 Å². The van der Waals surface area contributed by atoms with Crippen LogP contribution >= 0.6 is 0 Å². The maximum Gasteiger partial charge on any atom is 0.0496 e. The summed E-state index contributed by atoms with van der Waals surface area (Å²) in [4.78, 5) is 0. The molecule has 0 aliphatic heterocycles. The molecule has 92 valence electrons. The molecule has 0 amide bonds. The Balaban J connectivity index is 2.10. The van der Waals surface area contributed by atoms with Crippen LogP contribution in [0.5, 0.6) is 0 Å². The minimum Gasteiger partial charge on any atom is -0.396 e. The molecule has 3 atom stereocenters. The Kier molecular flexibility index (Phi) is 2.09. The second-order valence-corrected chi connectivity index (χ2v) is 7.27. The Labute approximate surface area is 98.1 Å². The molecule has 4 aliphatic carbocycles. The summed E-state index contributed by atoms with van der Waals surface area (Å²) in [5, 5.41) is 19.8. The van der Waals surface area contributed by atoms with Gasteiger partial charge in [0.2, 0.25) is 0 Å². The Morgan fingerprint density at radius 3 is 1.94 bits per heavy atom. The molecule has 4 rings (SSSR count). The maximum atomic E-state index is 9.91. The van der Waals surface area contributed by atoms with Crippen molar-refractivity contribution in [1.29, 1.82) is 0 Å². The van der Waals surface area contributed by atoms with E-state index in [9.17, 15) is 10.2 Å². The fourth-order valence-electron chi connectivity index (χ4n) is 5.70. The van der Waals surface area contributed by atoms with Crippen molar-refractivity contribution < 1.29 is 10.2 Å². The lowest BCUT2D eigenvalue weighted by Gasteiger charge is -2.70. The van der Waals surface area contributed by atoms with Crippen molar-refractivity contribution in [2.24, 2.45) is 28.1 Å². The molecular formula is C14H24O2. The van der Waals surface area contributed by atoms with Crippen molar-refractivity contribution in [3.63, 3.8) is 0 Å². The molecule has 0 heterocycles. The van der Waals surface area contributed by atoms with Gasteiger partial charge < -0.3 is 10.2 Å². The van der Waals surface area contributed by atoms with Crippen LogP contribution in [0.25, 0.3) is 0 Å². The van der Waals surface area contributed by atoms with Crippen LogP contribution in [0.15, 0.2) is 0 Å². The topological polar surface area (TPSA) is 40.5 Å². The minimum atomic E-state index is -0.0673. The average Bonchev–Trinajstić information content (AvgIpc) is 2.24. The van der Waals surface area contributed by atoms with Gasteiger partial charge in [0.15, 0.2) is 0 Å². The first-order valence-corrected chi connectivity index (χ1v) is 6.70. The van der Waals surface area contributed by atoms with Crippen LogP contribution in [0.3, 0.4) is 0 Å². The van der Waals surface area contributed by atoms with E-state index in [-0.39, 0.29) is 29.5 Å². The summed E-state index contributed by atoms with van der Waals surface area (Å²) in [6.07, 6.45) is 6.20. The molecule has 16 heavy (non-hydrogen) atoms. The smallest absolute Gasteiger partial charge is 0.0496 e. The summed E-state index contributed by atoms with van der Waals surface area (Å²) in [6.45, 7) is 5.09. The van der Waals surface area contributed by atoms with Gasteiger partial charge >= 0.3 is 0 Å². The van der Waals surface area contributed by atoms with Crippen molar-refractivity contribution in [3.05, 3.63) is 0 Å². The van der Waals surface area contributed by atoms with Gasteiger partial charge in [-0.2, -0.15) is 0 Å². The predicted molar refractivity (Wildman–Crippen MR) is 62.9 cm³/mol. The van der Waals surface area contributed by atoms with Crippen LogP contribution in [-0.2, 0) is 0 Å². The van der Waals surface area contributed by atoms with E-state index in [0.717, 1.165) is 24.7 Å². The standard InChI is InChI=1S/C14H24O2/c1-12-4-10-3-11(5-12)7-14(6-10,9-16)13(12,2)8-15/h10-11,15-16H,3-9H2,1-2H3. The Bertz CT molecular complexity index is 298. The number of hydrogen-bond acceptors (Lipinski definition) is 2. The van der Waals surface area contributed by atoms with E-state index in [0.29, 0.717) is 0 Å². The molecular weight excluding hydrogens is 200 g/mol. The zero-order chi connectivity index (χ0) is 11.6. The zero-order valence-electron chi connectivity index (χ0n) is 10.5. The highest BCUT2D eigenvalue weighted by Gasteiger charge is 2.67. The summed E-state index contributed by atoms with van der Waals surface area (Å²) < 4.78 is 0. The quantitative estimate of drug-likeness (QED) is 0.755. The lowest BCUT2D eigenvalue weighted by atomic mass is 9.34. The second-order valence-electron chi connectivity index (χ2n) is 7.27. The molecule has 0 saturated heterocycles. The van der Waals surface area contributed by atoms with Crippen LogP contribution in [0.4, 0.5) is 0 Å². The van der Waals surface area contributed by atoms with E-state index >= 15 is 0 Å². The highest BCUT2D eigenvalue weighted by molar-refractivity contribution is 5.16. The molecule has 4 saturated carbocycles. The number of rotatable bonds is 2. The molecule has 2 nitrogen and oxygen atoms in total. The van der Waals surface area contributed by atoms with Gasteiger partial charge in [0.25, 0.3) is 0 Å². The van der Waals surface area contributed by atoms with Gasteiger partial charge in [-0.05, 0) is 49.4 Å². The van der Waals surface area contributed by atoms with Crippen molar-refractivity contribution in [1.82, 2.24) is 0 Å². The lowest BCUT2D eigenvalue weighted by Crippen LogP contribution is -2.66. The highest BCUT2D eigenvalue weighted by Crippen LogP contribution is 2.73. The first-order valence-electron chi connectivity index (χ1n) is 6.70. The Morgan fingerprint density at radius 1 is 0.938 bits per heavy atom. The monoisotopic (exact) mass is 224 g/mol. The van der Waals surface area contributed by atoms with Crippen molar-refractivity contribution in [3.8, 4) is 0 Å². The highest BCUT2D eigenvalue weighted by atomic mass is 16.3. The fourth-order valence-corrected chi connectivity index (χ4v) is 5.70. The molecule has 0 aromatic heterocycles. The van der Waals surface area contributed by atoms with E-state index in [2.05, 4.69) is 13.8 Å². The van der Waals surface area contributed by atoms with Gasteiger partial charge in [0, 0.05) is 24.0 Å². The van der Waals surface area contributed by atoms with Crippen molar-refractivity contribution >= 4 is 0 Å². The summed E-state index contributed by atoms with van der Waals surface area (Å²) in [5.41, 5.74) is 0.206. The molecule has 0 aromatic rings. The van der Waals surface area contributed by atoms with Crippen molar-refractivity contribution in [2.75, 3.05) is 13.2 Å². The normalized spacial score (nSPS) is 59.2. The third-order valence-electron chi connectivity index (χ3n) is 6.63. The fraction of sp³-hybridized carbons (Fsp3) is 1.00. The lowest BCUT2D eigenvalue weighted by molar-refractivity contribution is -0.244. The molecule has 4 fully saturated rings. The maximum absolute atomic E-state index is 9.91. The zero-order valence-corrected chi connectivity index (χ0v) is 10.5. The van der Waals surface area contributed by atoms with Gasteiger partial charge in [0.05, 0.1) is 0 Å². The predicted octanol–water partition coefficient (Wildman–Crippen LogP) is 2.19. The molecule has 3 unspecified atom stereocenters. The van der Waals surface area contributed by atoms with Crippen LogP contribution < -0.4 is 0 Å². The van der Waals surface area contributed by atoms with Gasteiger partial charge in [-0.15, -0.1) is 0 Å². The minimum absolute atomic E-state index is 0.0145.